The second-order valence-electron chi connectivity index (χ2n) is 5.45. The number of hydrogen-bond donors (Lipinski definition) is 0. The molecule has 0 saturated carbocycles. The molecule has 0 aliphatic carbocycles. The maximum absolute atomic E-state index is 11.8. The van der Waals surface area contributed by atoms with E-state index in [1.54, 1.807) is 6.07 Å². The van der Waals surface area contributed by atoms with Gasteiger partial charge in [-0.1, -0.05) is 51.1 Å². The van der Waals surface area contributed by atoms with Crippen LogP contribution in [-0.4, -0.2) is 9.78 Å². The lowest BCUT2D eigenvalue weighted by atomic mass is 9.92. The lowest BCUT2D eigenvalue weighted by Gasteiger charge is -2.18. The molecule has 3 nitrogen and oxygen atoms in total. The quantitative estimate of drug-likeness (QED) is 0.811. The predicted molar refractivity (Wildman–Crippen MR) is 72.7 cm³/mol. The summed E-state index contributed by atoms with van der Waals surface area (Å²) in [7, 11) is 0. The molecule has 0 N–H and O–H groups in total. The van der Waals surface area contributed by atoms with Gasteiger partial charge in [-0.2, -0.15) is 5.10 Å². The molecule has 18 heavy (non-hydrogen) atoms. The fraction of sp³-hybridized carbons (Fsp3) is 0.333. The largest absolute Gasteiger partial charge is 0.268 e. The number of hydrogen-bond acceptors (Lipinski definition) is 2. The van der Waals surface area contributed by atoms with Gasteiger partial charge in [-0.25, -0.2) is 4.68 Å². The van der Waals surface area contributed by atoms with Gasteiger partial charge in [-0.3, -0.25) is 4.79 Å². The zero-order valence-corrected chi connectivity index (χ0v) is 11.1. The molecule has 0 radical (unpaired) electrons. The Labute approximate surface area is 107 Å². The van der Waals surface area contributed by atoms with E-state index in [0.29, 0.717) is 6.54 Å². The van der Waals surface area contributed by atoms with E-state index in [-0.39, 0.29) is 11.0 Å². The van der Waals surface area contributed by atoms with Crippen LogP contribution in [0.1, 0.15) is 32.0 Å². The van der Waals surface area contributed by atoms with Crippen molar-refractivity contribution >= 4 is 0 Å². The molecule has 2 rings (SSSR count). The highest BCUT2D eigenvalue weighted by molar-refractivity contribution is 5.16. The fourth-order valence-corrected chi connectivity index (χ4v) is 1.72. The lowest BCUT2D eigenvalue weighted by Crippen LogP contribution is -2.27. The summed E-state index contributed by atoms with van der Waals surface area (Å²) in [4.78, 5) is 11.8. The van der Waals surface area contributed by atoms with E-state index < -0.39 is 0 Å². The van der Waals surface area contributed by atoms with E-state index in [4.69, 9.17) is 0 Å². The van der Waals surface area contributed by atoms with Crippen molar-refractivity contribution in [1.29, 1.82) is 0 Å². The Morgan fingerprint density at radius 3 is 2.33 bits per heavy atom. The SMILES string of the molecule is CC(C)(C)c1ccc(=O)n(Cc2ccccc2)n1. The third kappa shape index (κ3) is 2.86. The average molecular weight is 242 g/mol. The molecule has 2 aromatic rings. The fourth-order valence-electron chi connectivity index (χ4n) is 1.72. The molecular weight excluding hydrogens is 224 g/mol. The molecule has 0 amide bonds. The summed E-state index contributed by atoms with van der Waals surface area (Å²) in [6.45, 7) is 6.79. The molecule has 1 aromatic heterocycles. The molecule has 0 spiro atoms. The Morgan fingerprint density at radius 2 is 1.72 bits per heavy atom. The van der Waals surface area contributed by atoms with E-state index in [1.165, 1.54) is 4.68 Å². The zero-order valence-electron chi connectivity index (χ0n) is 11.1. The van der Waals surface area contributed by atoms with Gasteiger partial charge < -0.3 is 0 Å². The average Bonchev–Trinajstić information content (AvgIpc) is 2.32. The molecule has 1 heterocycles. The third-order valence-corrected chi connectivity index (χ3v) is 2.81. The highest BCUT2D eigenvalue weighted by atomic mass is 16.1. The van der Waals surface area contributed by atoms with Crippen molar-refractivity contribution in [2.24, 2.45) is 0 Å². The summed E-state index contributed by atoms with van der Waals surface area (Å²) in [5, 5.41) is 4.44. The van der Waals surface area contributed by atoms with Crippen molar-refractivity contribution < 1.29 is 0 Å². The summed E-state index contributed by atoms with van der Waals surface area (Å²) in [6, 6.07) is 13.3. The Morgan fingerprint density at radius 1 is 1.06 bits per heavy atom. The van der Waals surface area contributed by atoms with E-state index >= 15 is 0 Å². The number of rotatable bonds is 2. The van der Waals surface area contributed by atoms with Crippen LogP contribution in [0.3, 0.4) is 0 Å². The normalized spacial score (nSPS) is 11.5. The molecule has 0 atom stereocenters. The molecule has 3 heteroatoms. The van der Waals surface area contributed by atoms with Crippen LogP contribution < -0.4 is 5.56 Å². The van der Waals surface area contributed by atoms with Crippen LogP contribution in [-0.2, 0) is 12.0 Å². The van der Waals surface area contributed by atoms with Crippen molar-refractivity contribution in [3.8, 4) is 0 Å². The van der Waals surface area contributed by atoms with Gasteiger partial charge in [0.15, 0.2) is 0 Å². The van der Waals surface area contributed by atoms with Crippen LogP contribution in [0.15, 0.2) is 47.3 Å². The standard InChI is InChI=1S/C15H18N2O/c1-15(2,3)13-9-10-14(18)17(16-13)11-12-7-5-4-6-8-12/h4-10H,11H2,1-3H3. The maximum atomic E-state index is 11.8. The van der Waals surface area contributed by atoms with Gasteiger partial charge in [0.25, 0.3) is 5.56 Å². The second-order valence-corrected chi connectivity index (χ2v) is 5.45. The smallest absolute Gasteiger partial charge is 0.267 e. The van der Waals surface area contributed by atoms with Crippen LogP contribution in [0.5, 0.6) is 0 Å². The van der Waals surface area contributed by atoms with Gasteiger partial charge >= 0.3 is 0 Å². The minimum absolute atomic E-state index is 0.0495. The molecular formula is C15H18N2O. The van der Waals surface area contributed by atoms with Crippen LogP contribution >= 0.6 is 0 Å². The van der Waals surface area contributed by atoms with Gasteiger partial charge in [0.1, 0.15) is 0 Å². The zero-order chi connectivity index (χ0) is 13.2. The maximum Gasteiger partial charge on any atom is 0.267 e. The first-order valence-electron chi connectivity index (χ1n) is 6.09. The highest BCUT2D eigenvalue weighted by Crippen LogP contribution is 2.18. The molecule has 0 aliphatic heterocycles. The minimum atomic E-state index is -0.0631. The van der Waals surface area contributed by atoms with Gasteiger partial charge in [-0.15, -0.1) is 0 Å². The first-order chi connectivity index (χ1) is 8.47. The van der Waals surface area contributed by atoms with Crippen LogP contribution in [0.25, 0.3) is 0 Å². The van der Waals surface area contributed by atoms with E-state index in [1.807, 2.05) is 36.4 Å². The number of aromatic nitrogens is 2. The van der Waals surface area contributed by atoms with Crippen LogP contribution in [0, 0.1) is 0 Å². The first kappa shape index (κ1) is 12.6. The Bertz CT molecular complexity index is 579. The molecule has 1 aromatic carbocycles. The number of nitrogens with zero attached hydrogens (tertiary/aromatic N) is 2. The summed E-state index contributed by atoms with van der Waals surface area (Å²) < 4.78 is 1.52. The summed E-state index contributed by atoms with van der Waals surface area (Å²) in [5.74, 6) is 0. The molecule has 0 saturated heterocycles. The molecule has 94 valence electrons. The molecule has 0 aliphatic rings. The summed E-state index contributed by atoms with van der Waals surface area (Å²) >= 11 is 0. The van der Waals surface area contributed by atoms with E-state index in [0.717, 1.165) is 11.3 Å². The summed E-state index contributed by atoms with van der Waals surface area (Å²) in [5.41, 5.74) is 1.90. The van der Waals surface area contributed by atoms with Gasteiger partial charge in [0.2, 0.25) is 0 Å². The van der Waals surface area contributed by atoms with Crippen molar-refractivity contribution in [2.45, 2.75) is 32.7 Å². The monoisotopic (exact) mass is 242 g/mol. The van der Waals surface area contributed by atoms with Crippen LogP contribution in [0.4, 0.5) is 0 Å². The Balaban J connectivity index is 2.36. The third-order valence-electron chi connectivity index (χ3n) is 2.81. The van der Waals surface area contributed by atoms with Gasteiger partial charge in [0, 0.05) is 11.5 Å². The highest BCUT2D eigenvalue weighted by Gasteiger charge is 2.16. The van der Waals surface area contributed by atoms with Crippen molar-refractivity contribution in [3.63, 3.8) is 0 Å². The van der Waals surface area contributed by atoms with E-state index in [2.05, 4.69) is 25.9 Å². The summed E-state index contributed by atoms with van der Waals surface area (Å²) in [6.07, 6.45) is 0. The second kappa shape index (κ2) is 4.77. The van der Waals surface area contributed by atoms with Gasteiger partial charge in [0.05, 0.1) is 12.2 Å². The minimum Gasteiger partial charge on any atom is -0.268 e. The van der Waals surface area contributed by atoms with Crippen molar-refractivity contribution in [2.75, 3.05) is 0 Å². The molecule has 0 unspecified atom stereocenters. The van der Waals surface area contributed by atoms with Gasteiger partial charge in [-0.05, 0) is 11.6 Å². The first-order valence-corrected chi connectivity index (χ1v) is 6.09. The van der Waals surface area contributed by atoms with Crippen molar-refractivity contribution in [3.05, 3.63) is 64.1 Å². The van der Waals surface area contributed by atoms with Crippen molar-refractivity contribution in [1.82, 2.24) is 9.78 Å². The molecule has 0 bridgehead atoms. The lowest BCUT2D eigenvalue weighted by molar-refractivity contribution is 0.518. The Kier molecular flexibility index (Phi) is 3.32. The topological polar surface area (TPSA) is 34.9 Å². The Hall–Kier alpha value is -1.90. The predicted octanol–water partition coefficient (Wildman–Crippen LogP) is 2.59. The van der Waals surface area contributed by atoms with E-state index in [9.17, 15) is 4.79 Å². The van der Waals surface area contributed by atoms with Crippen LogP contribution in [0.2, 0.25) is 0 Å². The number of benzene rings is 1. The molecule has 0 fully saturated rings.